The van der Waals surface area contributed by atoms with E-state index < -0.39 is 18.3 Å². The molecule has 8 nitrogen and oxygen atoms in total. The van der Waals surface area contributed by atoms with Crippen LogP contribution in [-0.4, -0.2) is 46.3 Å². The summed E-state index contributed by atoms with van der Waals surface area (Å²) in [5, 5.41) is 29.7. The van der Waals surface area contributed by atoms with Crippen molar-refractivity contribution in [3.05, 3.63) is 53.7 Å². The number of carbonyl (C=O) groups is 1. The Bertz CT molecular complexity index is 636. The number of ether oxygens (including phenoxy) is 2. The van der Waals surface area contributed by atoms with E-state index in [0.717, 1.165) is 5.56 Å². The van der Waals surface area contributed by atoms with Gasteiger partial charge in [0.2, 0.25) is 5.88 Å². The minimum atomic E-state index is -1.29. The quantitative estimate of drug-likeness (QED) is 0.687. The van der Waals surface area contributed by atoms with E-state index in [-0.39, 0.29) is 18.8 Å². The minimum absolute atomic E-state index is 0.120. The third-order valence-electron chi connectivity index (χ3n) is 3.21. The van der Waals surface area contributed by atoms with E-state index in [1.54, 1.807) is 0 Å². The van der Waals surface area contributed by atoms with Gasteiger partial charge in [-0.3, -0.25) is 0 Å². The molecule has 2 unspecified atom stereocenters. The maximum absolute atomic E-state index is 11.6. The van der Waals surface area contributed by atoms with Gasteiger partial charge in [0.1, 0.15) is 18.8 Å². The molecule has 0 aliphatic rings. The molecule has 1 amide bonds. The van der Waals surface area contributed by atoms with Crippen molar-refractivity contribution in [1.82, 2.24) is 15.5 Å². The fraction of sp³-hybridized carbons (Fsp3) is 0.312. The number of hydrogen-bond acceptors (Lipinski definition) is 7. The highest BCUT2D eigenvalue weighted by atomic mass is 16.5. The van der Waals surface area contributed by atoms with Crippen LogP contribution in [0.4, 0.5) is 4.79 Å². The number of aliphatic hydroxyl groups is 2. The molecular formula is C16H19N3O5. The number of methoxy groups -OCH3 is 1. The first-order valence-corrected chi connectivity index (χ1v) is 7.28. The zero-order valence-corrected chi connectivity index (χ0v) is 13.1. The summed E-state index contributed by atoms with van der Waals surface area (Å²) in [6.45, 7) is -0.0717. The lowest BCUT2D eigenvalue weighted by Gasteiger charge is -2.17. The second-order valence-electron chi connectivity index (χ2n) is 4.96. The van der Waals surface area contributed by atoms with Crippen LogP contribution in [0.15, 0.2) is 42.5 Å². The normalized spacial score (nSPS) is 13.0. The van der Waals surface area contributed by atoms with Crippen molar-refractivity contribution in [2.45, 2.75) is 18.8 Å². The predicted octanol–water partition coefficient (Wildman–Crippen LogP) is 0.806. The summed E-state index contributed by atoms with van der Waals surface area (Å²) >= 11 is 0. The molecule has 128 valence electrons. The maximum atomic E-state index is 11.6. The lowest BCUT2D eigenvalue weighted by molar-refractivity contribution is 0.0153. The molecule has 0 bridgehead atoms. The van der Waals surface area contributed by atoms with E-state index in [4.69, 9.17) is 9.47 Å². The summed E-state index contributed by atoms with van der Waals surface area (Å²) in [7, 11) is 1.44. The van der Waals surface area contributed by atoms with Crippen LogP contribution in [0.1, 0.15) is 17.4 Å². The van der Waals surface area contributed by atoms with Crippen molar-refractivity contribution < 1.29 is 24.5 Å². The second kappa shape index (κ2) is 8.80. The Morgan fingerprint density at radius 3 is 2.54 bits per heavy atom. The Balaban J connectivity index is 1.76. The highest BCUT2D eigenvalue weighted by Crippen LogP contribution is 2.15. The molecule has 8 heteroatoms. The van der Waals surface area contributed by atoms with Crippen molar-refractivity contribution in [3.63, 3.8) is 0 Å². The van der Waals surface area contributed by atoms with Gasteiger partial charge in [-0.2, -0.15) is 0 Å². The molecule has 2 atom stereocenters. The van der Waals surface area contributed by atoms with E-state index in [9.17, 15) is 15.0 Å². The molecule has 1 aromatic carbocycles. The number of benzene rings is 1. The molecule has 1 heterocycles. The summed E-state index contributed by atoms with van der Waals surface area (Å²) in [6.07, 6.45) is -3.24. The topological polar surface area (TPSA) is 114 Å². The molecule has 0 fully saturated rings. The standard InChI is InChI=1S/C16H19N3O5/c1-23-14-8-7-12(18-19-14)15(21)13(20)9-17-16(22)24-10-11-5-3-2-4-6-11/h2-8,13,15,20-21H,9-10H2,1H3,(H,17,22). The molecule has 0 aliphatic heterocycles. The molecule has 2 aromatic rings. The van der Waals surface area contributed by atoms with Crippen molar-refractivity contribution >= 4 is 6.09 Å². The number of carbonyl (C=O) groups excluding carboxylic acids is 1. The third-order valence-corrected chi connectivity index (χ3v) is 3.21. The smallest absolute Gasteiger partial charge is 0.407 e. The minimum Gasteiger partial charge on any atom is -0.480 e. The summed E-state index contributed by atoms with van der Waals surface area (Å²) in [5.74, 6) is 0.294. The molecule has 3 N–H and O–H groups in total. The van der Waals surface area contributed by atoms with Gasteiger partial charge >= 0.3 is 6.09 Å². The Morgan fingerprint density at radius 2 is 1.92 bits per heavy atom. The first-order valence-electron chi connectivity index (χ1n) is 7.28. The van der Waals surface area contributed by atoms with Gasteiger partial charge in [0.05, 0.1) is 12.8 Å². The van der Waals surface area contributed by atoms with Crippen molar-refractivity contribution in [2.75, 3.05) is 13.7 Å². The molecule has 0 aliphatic carbocycles. The van der Waals surface area contributed by atoms with Gasteiger partial charge in [-0.1, -0.05) is 30.3 Å². The maximum Gasteiger partial charge on any atom is 0.407 e. The zero-order chi connectivity index (χ0) is 17.4. The molecule has 0 radical (unpaired) electrons. The largest absolute Gasteiger partial charge is 0.480 e. The molecule has 24 heavy (non-hydrogen) atoms. The fourth-order valence-corrected chi connectivity index (χ4v) is 1.87. The first kappa shape index (κ1) is 17.6. The van der Waals surface area contributed by atoms with E-state index in [2.05, 4.69) is 15.5 Å². The Labute approximate surface area is 139 Å². The molecule has 2 rings (SSSR count). The number of alkyl carbamates (subject to hydrolysis) is 1. The van der Waals surface area contributed by atoms with Crippen LogP contribution in [0.25, 0.3) is 0 Å². The van der Waals surface area contributed by atoms with Crippen molar-refractivity contribution in [2.24, 2.45) is 0 Å². The van der Waals surface area contributed by atoms with Gasteiger partial charge in [-0.15, -0.1) is 10.2 Å². The SMILES string of the molecule is COc1ccc(C(O)C(O)CNC(=O)OCc2ccccc2)nn1. The number of hydrogen-bond donors (Lipinski definition) is 3. The summed E-state index contributed by atoms with van der Waals surface area (Å²) in [4.78, 5) is 11.6. The molecule has 0 saturated carbocycles. The van der Waals surface area contributed by atoms with Gasteiger partial charge in [0.25, 0.3) is 0 Å². The van der Waals surface area contributed by atoms with E-state index in [0.29, 0.717) is 5.88 Å². The lowest BCUT2D eigenvalue weighted by atomic mass is 10.1. The number of aliphatic hydroxyl groups excluding tert-OH is 2. The summed E-state index contributed by atoms with van der Waals surface area (Å²) < 4.78 is 9.87. The van der Waals surface area contributed by atoms with Crippen LogP contribution >= 0.6 is 0 Å². The number of rotatable bonds is 7. The van der Waals surface area contributed by atoms with E-state index >= 15 is 0 Å². The van der Waals surface area contributed by atoms with Crippen LogP contribution in [0, 0.1) is 0 Å². The van der Waals surface area contributed by atoms with Gasteiger partial charge in [-0.25, -0.2) is 4.79 Å². The number of nitrogens with one attached hydrogen (secondary N) is 1. The zero-order valence-electron chi connectivity index (χ0n) is 13.1. The first-order chi connectivity index (χ1) is 11.6. The molecule has 1 aromatic heterocycles. The van der Waals surface area contributed by atoms with E-state index in [1.165, 1.54) is 19.2 Å². The van der Waals surface area contributed by atoms with Gasteiger partial charge < -0.3 is 25.0 Å². The Hall–Kier alpha value is -2.71. The fourth-order valence-electron chi connectivity index (χ4n) is 1.87. The van der Waals surface area contributed by atoms with Gasteiger partial charge in [-0.05, 0) is 11.6 Å². The average Bonchev–Trinajstić information content (AvgIpc) is 2.64. The summed E-state index contributed by atoms with van der Waals surface area (Å²) in [5.41, 5.74) is 1.02. The third kappa shape index (κ3) is 5.18. The highest BCUT2D eigenvalue weighted by Gasteiger charge is 2.21. The lowest BCUT2D eigenvalue weighted by Crippen LogP contribution is -2.36. The van der Waals surface area contributed by atoms with Crippen LogP contribution in [0.3, 0.4) is 0 Å². The van der Waals surface area contributed by atoms with Crippen LogP contribution in [0.5, 0.6) is 5.88 Å². The van der Waals surface area contributed by atoms with Crippen molar-refractivity contribution in [1.29, 1.82) is 0 Å². The van der Waals surface area contributed by atoms with Crippen molar-refractivity contribution in [3.8, 4) is 5.88 Å². The highest BCUT2D eigenvalue weighted by molar-refractivity contribution is 5.67. The van der Waals surface area contributed by atoms with Gasteiger partial charge in [0.15, 0.2) is 0 Å². The van der Waals surface area contributed by atoms with E-state index in [1.807, 2.05) is 30.3 Å². The molecule has 0 saturated heterocycles. The van der Waals surface area contributed by atoms with Crippen LogP contribution in [0.2, 0.25) is 0 Å². The Kier molecular flexibility index (Phi) is 6.47. The Morgan fingerprint density at radius 1 is 1.17 bits per heavy atom. The second-order valence-corrected chi connectivity index (χ2v) is 4.96. The predicted molar refractivity (Wildman–Crippen MR) is 84.2 cm³/mol. The number of amides is 1. The van der Waals surface area contributed by atoms with Crippen LogP contribution in [-0.2, 0) is 11.3 Å². The van der Waals surface area contributed by atoms with Crippen LogP contribution < -0.4 is 10.1 Å². The van der Waals surface area contributed by atoms with Gasteiger partial charge in [0, 0.05) is 12.6 Å². The monoisotopic (exact) mass is 333 g/mol. The summed E-state index contributed by atoms with van der Waals surface area (Å²) in [6, 6.07) is 12.2. The average molecular weight is 333 g/mol. The molecule has 0 spiro atoms. The molecular weight excluding hydrogens is 314 g/mol. The number of aromatic nitrogens is 2. The number of nitrogens with zero attached hydrogens (tertiary/aromatic N) is 2.